The van der Waals surface area contributed by atoms with Crippen molar-refractivity contribution in [2.24, 2.45) is 5.84 Å². The number of nitrogen functional groups attached to an aromatic ring is 1. The first-order valence-electron chi connectivity index (χ1n) is 5.36. The summed E-state index contributed by atoms with van der Waals surface area (Å²) >= 11 is 0. The number of hydrogen-bond donors (Lipinski definition) is 3. The summed E-state index contributed by atoms with van der Waals surface area (Å²) in [6.45, 7) is 4.27. The molecule has 0 aromatic heterocycles. The number of ether oxygens (including phenoxy) is 1. The fourth-order valence-electron chi connectivity index (χ4n) is 1.49. The van der Waals surface area contributed by atoms with Crippen molar-refractivity contribution in [3.05, 3.63) is 29.8 Å². The average Bonchev–Trinajstić information content (AvgIpc) is 2.28. The second-order valence-electron chi connectivity index (χ2n) is 4.49. The summed E-state index contributed by atoms with van der Waals surface area (Å²) in [4.78, 5) is 11.9. The molecule has 0 saturated heterocycles. The first kappa shape index (κ1) is 13.5. The quantitative estimate of drug-likeness (QED) is 0.530. The van der Waals surface area contributed by atoms with Crippen molar-refractivity contribution in [2.45, 2.75) is 19.4 Å². The van der Waals surface area contributed by atoms with Gasteiger partial charge in [0.05, 0.1) is 12.1 Å². The normalized spacial score (nSPS) is 11.1. The summed E-state index contributed by atoms with van der Waals surface area (Å²) in [6, 6.07) is 6.93. The number of nitrogens with two attached hydrogens (primary N) is 1. The summed E-state index contributed by atoms with van der Waals surface area (Å²) < 4.78 is 5.04. The van der Waals surface area contributed by atoms with Gasteiger partial charge in [-0.05, 0) is 38.1 Å². The molecular weight excluding hydrogens is 218 g/mol. The molecule has 17 heavy (non-hydrogen) atoms. The highest BCUT2D eigenvalue weighted by molar-refractivity contribution is 5.95. The maximum Gasteiger partial charge on any atom is 0.251 e. The summed E-state index contributed by atoms with van der Waals surface area (Å²) in [5.41, 5.74) is 3.47. The lowest BCUT2D eigenvalue weighted by atomic mass is 10.1. The molecule has 0 fully saturated rings. The SMILES string of the molecule is COCC(C)(C)NC(=O)c1ccc(NN)cc1. The third kappa shape index (κ3) is 4.05. The van der Waals surface area contributed by atoms with Gasteiger partial charge in [0.1, 0.15) is 0 Å². The molecule has 1 rings (SSSR count). The number of hydrogen-bond acceptors (Lipinski definition) is 4. The molecule has 0 unspecified atom stereocenters. The van der Waals surface area contributed by atoms with Gasteiger partial charge in [-0.15, -0.1) is 0 Å². The molecule has 0 heterocycles. The molecule has 5 heteroatoms. The van der Waals surface area contributed by atoms with Crippen LogP contribution in [0.25, 0.3) is 0 Å². The molecule has 0 radical (unpaired) electrons. The van der Waals surface area contributed by atoms with Gasteiger partial charge in [-0.2, -0.15) is 0 Å². The number of amides is 1. The third-order valence-corrected chi connectivity index (χ3v) is 2.27. The molecule has 5 nitrogen and oxygen atoms in total. The van der Waals surface area contributed by atoms with Gasteiger partial charge in [0.2, 0.25) is 0 Å². The van der Waals surface area contributed by atoms with Crippen molar-refractivity contribution in [1.82, 2.24) is 5.32 Å². The Morgan fingerprint density at radius 1 is 1.35 bits per heavy atom. The van der Waals surface area contributed by atoms with Crippen molar-refractivity contribution in [3.63, 3.8) is 0 Å². The molecule has 0 atom stereocenters. The number of hydrazine groups is 1. The minimum atomic E-state index is -0.392. The largest absolute Gasteiger partial charge is 0.382 e. The Morgan fingerprint density at radius 3 is 2.41 bits per heavy atom. The summed E-state index contributed by atoms with van der Waals surface area (Å²) in [7, 11) is 1.61. The van der Waals surface area contributed by atoms with Crippen LogP contribution >= 0.6 is 0 Å². The van der Waals surface area contributed by atoms with Gasteiger partial charge < -0.3 is 15.5 Å². The molecule has 0 aliphatic rings. The molecule has 94 valence electrons. The second kappa shape index (κ2) is 5.65. The van der Waals surface area contributed by atoms with Gasteiger partial charge in [0.15, 0.2) is 0 Å². The lowest BCUT2D eigenvalue weighted by molar-refractivity contribution is 0.0820. The Bertz CT molecular complexity index is 374. The molecule has 0 spiro atoms. The van der Waals surface area contributed by atoms with Crippen LogP contribution in [0.3, 0.4) is 0 Å². The molecule has 0 aliphatic carbocycles. The van der Waals surface area contributed by atoms with Crippen LogP contribution in [0, 0.1) is 0 Å². The fraction of sp³-hybridized carbons (Fsp3) is 0.417. The fourth-order valence-corrected chi connectivity index (χ4v) is 1.49. The van der Waals surface area contributed by atoms with Crippen molar-refractivity contribution in [2.75, 3.05) is 19.1 Å². The number of methoxy groups -OCH3 is 1. The predicted molar refractivity (Wildman–Crippen MR) is 67.7 cm³/mol. The zero-order chi connectivity index (χ0) is 12.9. The Balaban J connectivity index is 2.69. The number of rotatable bonds is 5. The second-order valence-corrected chi connectivity index (χ2v) is 4.49. The lowest BCUT2D eigenvalue weighted by Gasteiger charge is -2.25. The zero-order valence-corrected chi connectivity index (χ0v) is 10.4. The van der Waals surface area contributed by atoms with Crippen molar-refractivity contribution >= 4 is 11.6 Å². The standard InChI is InChI=1S/C12H19N3O2/c1-12(2,8-17-3)14-11(16)9-4-6-10(15-13)7-5-9/h4-7,15H,8,13H2,1-3H3,(H,14,16). The van der Waals surface area contributed by atoms with Crippen molar-refractivity contribution < 1.29 is 9.53 Å². The van der Waals surface area contributed by atoms with E-state index < -0.39 is 5.54 Å². The van der Waals surface area contributed by atoms with Crippen LogP contribution in [0.5, 0.6) is 0 Å². The number of benzene rings is 1. The van der Waals surface area contributed by atoms with Gasteiger partial charge in [0.25, 0.3) is 5.91 Å². The lowest BCUT2D eigenvalue weighted by Crippen LogP contribution is -2.46. The number of carbonyl (C=O) groups is 1. The van der Waals surface area contributed by atoms with Crippen LogP contribution in [-0.4, -0.2) is 25.2 Å². The smallest absolute Gasteiger partial charge is 0.251 e. The molecule has 0 aliphatic heterocycles. The number of carbonyl (C=O) groups excluding carboxylic acids is 1. The number of anilines is 1. The predicted octanol–water partition coefficient (Wildman–Crippen LogP) is 1.13. The first-order valence-corrected chi connectivity index (χ1v) is 5.36. The van der Waals surface area contributed by atoms with Crippen molar-refractivity contribution in [1.29, 1.82) is 0 Å². The summed E-state index contributed by atoms with van der Waals surface area (Å²) in [5, 5.41) is 2.90. The molecular formula is C12H19N3O2. The Hall–Kier alpha value is -1.59. The van der Waals surface area contributed by atoms with Crippen LogP contribution in [0.2, 0.25) is 0 Å². The Morgan fingerprint density at radius 2 is 1.94 bits per heavy atom. The molecule has 0 bridgehead atoms. The Labute approximate surface area is 101 Å². The molecule has 1 aromatic rings. The van der Waals surface area contributed by atoms with E-state index in [0.29, 0.717) is 12.2 Å². The van der Waals surface area contributed by atoms with E-state index in [4.69, 9.17) is 10.6 Å². The molecule has 1 aromatic carbocycles. The van der Waals surface area contributed by atoms with Crippen LogP contribution in [-0.2, 0) is 4.74 Å². The minimum Gasteiger partial charge on any atom is -0.382 e. The topological polar surface area (TPSA) is 76.4 Å². The third-order valence-electron chi connectivity index (χ3n) is 2.27. The van der Waals surface area contributed by atoms with Gasteiger partial charge in [-0.1, -0.05) is 0 Å². The Kier molecular flexibility index (Phi) is 4.48. The summed E-state index contributed by atoms with van der Waals surface area (Å²) in [6.07, 6.45) is 0. The van der Waals surface area contributed by atoms with Gasteiger partial charge in [-0.3, -0.25) is 10.6 Å². The molecule has 1 amide bonds. The average molecular weight is 237 g/mol. The van der Waals surface area contributed by atoms with Gasteiger partial charge in [-0.25, -0.2) is 0 Å². The van der Waals surface area contributed by atoms with Crippen LogP contribution in [0.15, 0.2) is 24.3 Å². The highest BCUT2D eigenvalue weighted by Crippen LogP contribution is 2.10. The van der Waals surface area contributed by atoms with E-state index in [2.05, 4.69) is 10.7 Å². The highest BCUT2D eigenvalue weighted by atomic mass is 16.5. The first-order chi connectivity index (χ1) is 7.98. The maximum atomic E-state index is 11.9. The van der Waals surface area contributed by atoms with E-state index in [1.54, 1.807) is 31.4 Å². The van der Waals surface area contributed by atoms with E-state index >= 15 is 0 Å². The molecule has 4 N–H and O–H groups in total. The zero-order valence-electron chi connectivity index (χ0n) is 10.4. The monoisotopic (exact) mass is 237 g/mol. The van der Waals surface area contributed by atoms with E-state index in [0.717, 1.165) is 5.69 Å². The van der Waals surface area contributed by atoms with E-state index in [1.807, 2.05) is 13.8 Å². The van der Waals surface area contributed by atoms with E-state index in [-0.39, 0.29) is 5.91 Å². The molecule has 0 saturated carbocycles. The van der Waals surface area contributed by atoms with Gasteiger partial charge >= 0.3 is 0 Å². The van der Waals surface area contributed by atoms with Crippen molar-refractivity contribution in [3.8, 4) is 0 Å². The van der Waals surface area contributed by atoms with E-state index in [9.17, 15) is 4.79 Å². The van der Waals surface area contributed by atoms with Gasteiger partial charge in [0, 0.05) is 18.4 Å². The highest BCUT2D eigenvalue weighted by Gasteiger charge is 2.20. The van der Waals surface area contributed by atoms with Crippen LogP contribution in [0.1, 0.15) is 24.2 Å². The summed E-state index contributed by atoms with van der Waals surface area (Å²) in [5.74, 6) is 5.12. The maximum absolute atomic E-state index is 11.9. The minimum absolute atomic E-state index is 0.129. The van der Waals surface area contributed by atoms with E-state index in [1.165, 1.54) is 0 Å². The van der Waals surface area contributed by atoms with Crippen LogP contribution < -0.4 is 16.6 Å². The number of nitrogens with one attached hydrogen (secondary N) is 2. The van der Waals surface area contributed by atoms with Crippen LogP contribution in [0.4, 0.5) is 5.69 Å².